The largest absolute Gasteiger partial charge is 0.379 e. The van der Waals surface area contributed by atoms with Crippen LogP contribution in [0.2, 0.25) is 0 Å². The summed E-state index contributed by atoms with van der Waals surface area (Å²) in [6.07, 6.45) is 1.76. The lowest BCUT2D eigenvalue weighted by Crippen LogP contribution is -2.37. The molecule has 0 aliphatic carbocycles. The minimum Gasteiger partial charge on any atom is -0.379 e. The summed E-state index contributed by atoms with van der Waals surface area (Å²) < 4.78 is 44.7. The Morgan fingerprint density at radius 2 is 2.14 bits per heavy atom. The Hall–Kier alpha value is -1.32. The molecule has 1 aliphatic rings. The summed E-state index contributed by atoms with van der Waals surface area (Å²) in [5.74, 6) is -0.710. The second kappa shape index (κ2) is 6.84. The van der Waals surface area contributed by atoms with Gasteiger partial charge in [0.05, 0.1) is 30.7 Å². The van der Waals surface area contributed by atoms with Gasteiger partial charge in [-0.2, -0.15) is 0 Å². The van der Waals surface area contributed by atoms with Crippen molar-refractivity contribution in [3.63, 3.8) is 0 Å². The number of aryl methyl sites for hydroxylation is 1. The fourth-order valence-electron chi connectivity index (χ4n) is 2.27. The van der Waals surface area contributed by atoms with Crippen LogP contribution in [0.3, 0.4) is 0 Å². The first-order valence-corrected chi connectivity index (χ1v) is 8.70. The third-order valence-electron chi connectivity index (χ3n) is 3.70. The van der Waals surface area contributed by atoms with Crippen molar-refractivity contribution in [3.8, 4) is 0 Å². The summed E-state index contributed by atoms with van der Waals surface area (Å²) in [6, 6.07) is -0.302. The summed E-state index contributed by atoms with van der Waals surface area (Å²) in [5.41, 5.74) is 0.328. The Morgan fingerprint density at radius 1 is 1.41 bits per heavy atom. The van der Waals surface area contributed by atoms with Gasteiger partial charge in [-0.1, -0.05) is 6.92 Å². The van der Waals surface area contributed by atoms with Gasteiger partial charge in [-0.25, -0.2) is 27.1 Å². The van der Waals surface area contributed by atoms with Crippen LogP contribution in [-0.2, 0) is 21.2 Å². The molecule has 2 rings (SSSR count). The molecule has 1 aromatic rings. The number of nitrogens with zero attached hydrogens (tertiary/aromatic N) is 3. The number of ether oxygens (including phenoxy) is 1. The number of halogens is 1. The third kappa shape index (κ3) is 3.71. The highest BCUT2D eigenvalue weighted by molar-refractivity contribution is 7.89. The molecule has 124 valence electrons. The van der Waals surface area contributed by atoms with Crippen molar-refractivity contribution in [3.05, 3.63) is 17.8 Å². The van der Waals surface area contributed by atoms with E-state index in [4.69, 9.17) is 4.74 Å². The van der Waals surface area contributed by atoms with E-state index in [1.165, 1.54) is 24.7 Å². The van der Waals surface area contributed by atoms with Crippen molar-refractivity contribution < 1.29 is 17.5 Å². The summed E-state index contributed by atoms with van der Waals surface area (Å²) in [4.78, 5) is 7.78. The maximum absolute atomic E-state index is 14.2. The number of anilines is 1. The monoisotopic (exact) mass is 332 g/mol. The van der Waals surface area contributed by atoms with E-state index in [1.54, 1.807) is 6.92 Å². The predicted molar refractivity (Wildman–Crippen MR) is 80.6 cm³/mol. The normalized spacial score (nSPS) is 22.2. The van der Waals surface area contributed by atoms with Crippen LogP contribution in [0, 0.1) is 11.7 Å². The Bertz CT molecular complexity index is 624. The molecule has 1 fully saturated rings. The van der Waals surface area contributed by atoms with Gasteiger partial charge in [-0.05, 0) is 6.42 Å². The standard InChI is InChI=1S/C13H21FN4O3S/c1-4-10-12(14)13(16-8-15-10)17-11-6-21-5-9(11)7-22(19,20)18(2)3/h8-9,11H,4-7H2,1-3H3,(H,15,16,17)/t9-,11+/m0/s1. The third-order valence-corrected chi connectivity index (χ3v) is 5.66. The van der Waals surface area contributed by atoms with Gasteiger partial charge in [-0.3, -0.25) is 0 Å². The van der Waals surface area contributed by atoms with Crippen LogP contribution in [0.1, 0.15) is 12.6 Å². The molecule has 1 aliphatic heterocycles. The van der Waals surface area contributed by atoms with Gasteiger partial charge in [0.25, 0.3) is 0 Å². The minimum atomic E-state index is -3.34. The Balaban J connectivity index is 2.12. The number of aromatic nitrogens is 2. The molecule has 0 aromatic carbocycles. The Kier molecular flexibility index (Phi) is 5.30. The number of hydrogen-bond acceptors (Lipinski definition) is 6. The highest BCUT2D eigenvalue weighted by Crippen LogP contribution is 2.22. The topological polar surface area (TPSA) is 84.4 Å². The average molecular weight is 332 g/mol. The summed E-state index contributed by atoms with van der Waals surface area (Å²) in [5, 5.41) is 2.96. The molecule has 2 atom stereocenters. The number of rotatable bonds is 6. The molecule has 0 amide bonds. The zero-order chi connectivity index (χ0) is 16.3. The second-order valence-electron chi connectivity index (χ2n) is 5.45. The Morgan fingerprint density at radius 3 is 2.77 bits per heavy atom. The molecule has 0 unspecified atom stereocenters. The lowest BCUT2D eigenvalue weighted by molar-refractivity contribution is 0.187. The molecule has 0 saturated carbocycles. The van der Waals surface area contributed by atoms with Crippen LogP contribution in [0.15, 0.2) is 6.33 Å². The molecule has 1 saturated heterocycles. The zero-order valence-corrected chi connectivity index (χ0v) is 13.7. The SMILES string of the molecule is CCc1ncnc(N[C@@H]2COC[C@H]2CS(=O)(=O)N(C)C)c1F. The first-order valence-electron chi connectivity index (χ1n) is 7.09. The van der Waals surface area contributed by atoms with Gasteiger partial charge in [-0.15, -0.1) is 0 Å². The van der Waals surface area contributed by atoms with Gasteiger partial charge >= 0.3 is 0 Å². The van der Waals surface area contributed by atoms with Crippen molar-refractivity contribution in [2.24, 2.45) is 5.92 Å². The van der Waals surface area contributed by atoms with Gasteiger partial charge in [0.15, 0.2) is 11.6 Å². The van der Waals surface area contributed by atoms with E-state index in [1.807, 2.05) is 0 Å². The molecule has 0 spiro atoms. The number of nitrogens with one attached hydrogen (secondary N) is 1. The minimum absolute atomic E-state index is 0.0506. The summed E-state index contributed by atoms with van der Waals surface area (Å²) in [6.45, 7) is 2.44. The number of hydrogen-bond donors (Lipinski definition) is 1. The van der Waals surface area contributed by atoms with E-state index in [0.717, 1.165) is 0 Å². The highest BCUT2D eigenvalue weighted by atomic mass is 32.2. The van der Waals surface area contributed by atoms with Gasteiger partial charge < -0.3 is 10.1 Å². The van der Waals surface area contributed by atoms with E-state index < -0.39 is 15.8 Å². The smallest absolute Gasteiger partial charge is 0.214 e. The van der Waals surface area contributed by atoms with E-state index in [2.05, 4.69) is 15.3 Å². The van der Waals surface area contributed by atoms with Crippen LogP contribution in [0.5, 0.6) is 0 Å². The van der Waals surface area contributed by atoms with Crippen LogP contribution in [-0.4, -0.2) is 61.8 Å². The highest BCUT2D eigenvalue weighted by Gasteiger charge is 2.34. The van der Waals surface area contributed by atoms with Crippen molar-refractivity contribution in [1.82, 2.24) is 14.3 Å². The molecule has 9 heteroatoms. The molecule has 7 nitrogen and oxygen atoms in total. The first-order chi connectivity index (χ1) is 10.3. The summed E-state index contributed by atoms with van der Waals surface area (Å²) >= 11 is 0. The molecule has 1 aromatic heterocycles. The zero-order valence-electron chi connectivity index (χ0n) is 12.9. The molecule has 22 heavy (non-hydrogen) atoms. The lowest BCUT2D eigenvalue weighted by atomic mass is 10.1. The number of sulfonamides is 1. The van der Waals surface area contributed by atoms with Crippen LogP contribution < -0.4 is 5.32 Å². The van der Waals surface area contributed by atoms with E-state index in [-0.39, 0.29) is 23.5 Å². The van der Waals surface area contributed by atoms with Gasteiger partial charge in [0, 0.05) is 20.0 Å². The quantitative estimate of drug-likeness (QED) is 0.816. The average Bonchev–Trinajstić information content (AvgIpc) is 2.87. The first kappa shape index (κ1) is 17.0. The predicted octanol–water partition coefficient (Wildman–Crippen LogP) is 0.496. The second-order valence-corrected chi connectivity index (χ2v) is 7.67. The fourth-order valence-corrected chi connectivity index (χ4v) is 3.44. The molecule has 0 bridgehead atoms. The molecule has 1 N–H and O–H groups in total. The molecular weight excluding hydrogens is 311 g/mol. The maximum Gasteiger partial charge on any atom is 0.214 e. The van der Waals surface area contributed by atoms with E-state index >= 15 is 0 Å². The van der Waals surface area contributed by atoms with Crippen molar-refractivity contribution >= 4 is 15.8 Å². The molecule has 2 heterocycles. The van der Waals surface area contributed by atoms with E-state index in [0.29, 0.717) is 25.3 Å². The molecule has 0 radical (unpaired) electrons. The van der Waals surface area contributed by atoms with Crippen molar-refractivity contribution in [1.29, 1.82) is 0 Å². The van der Waals surface area contributed by atoms with Gasteiger partial charge in [0.1, 0.15) is 6.33 Å². The van der Waals surface area contributed by atoms with Crippen LogP contribution in [0.4, 0.5) is 10.2 Å². The maximum atomic E-state index is 14.2. The van der Waals surface area contributed by atoms with Crippen molar-refractivity contribution in [2.75, 3.05) is 38.4 Å². The van der Waals surface area contributed by atoms with Crippen LogP contribution in [0.25, 0.3) is 0 Å². The van der Waals surface area contributed by atoms with Crippen molar-refractivity contribution in [2.45, 2.75) is 19.4 Å². The fraction of sp³-hybridized carbons (Fsp3) is 0.692. The Labute approximate surface area is 129 Å². The lowest BCUT2D eigenvalue weighted by Gasteiger charge is -2.21. The molecular formula is C13H21FN4O3S. The summed E-state index contributed by atoms with van der Waals surface area (Å²) in [7, 11) is -0.360. The van der Waals surface area contributed by atoms with Gasteiger partial charge in [0.2, 0.25) is 10.0 Å². The van der Waals surface area contributed by atoms with Crippen LogP contribution >= 0.6 is 0 Å². The van der Waals surface area contributed by atoms with E-state index in [9.17, 15) is 12.8 Å².